The Labute approximate surface area is 174 Å². The minimum atomic E-state index is -0.783. The van der Waals surface area contributed by atoms with E-state index < -0.39 is 17.8 Å². The summed E-state index contributed by atoms with van der Waals surface area (Å²) in [5.41, 5.74) is 1.54. The summed E-state index contributed by atoms with van der Waals surface area (Å²) in [6.07, 6.45) is 6.73. The van der Waals surface area contributed by atoms with Crippen LogP contribution in [0.5, 0.6) is 0 Å². The number of ketones is 1. The minimum absolute atomic E-state index is 0.0496. The molecule has 2 fully saturated rings. The van der Waals surface area contributed by atoms with E-state index in [-0.39, 0.29) is 31.5 Å². The van der Waals surface area contributed by atoms with Gasteiger partial charge < -0.3 is 19.7 Å². The number of nitrogens with zero attached hydrogens (tertiary/aromatic N) is 4. The monoisotopic (exact) mass is 414 g/mol. The van der Waals surface area contributed by atoms with Crippen LogP contribution in [0.3, 0.4) is 0 Å². The van der Waals surface area contributed by atoms with Crippen LogP contribution in [0, 0.1) is 0 Å². The molecule has 2 aliphatic rings. The van der Waals surface area contributed by atoms with Gasteiger partial charge in [0.15, 0.2) is 11.4 Å². The molecule has 1 spiro atoms. The Morgan fingerprint density at radius 1 is 1.47 bits per heavy atom. The van der Waals surface area contributed by atoms with Crippen molar-refractivity contribution in [2.75, 3.05) is 13.2 Å². The second-order valence-corrected chi connectivity index (χ2v) is 7.88. The van der Waals surface area contributed by atoms with Crippen LogP contribution in [0.25, 0.3) is 11.2 Å². The highest BCUT2D eigenvalue weighted by atomic mass is 16.6. The zero-order chi connectivity index (χ0) is 21.1. The van der Waals surface area contributed by atoms with E-state index in [2.05, 4.69) is 15.3 Å². The van der Waals surface area contributed by atoms with Crippen molar-refractivity contribution in [3.8, 4) is 0 Å². The summed E-state index contributed by atoms with van der Waals surface area (Å²) < 4.78 is 13.1. The number of epoxide rings is 1. The van der Waals surface area contributed by atoms with Crippen LogP contribution in [0.4, 0.5) is 0 Å². The Balaban J connectivity index is 1.41. The summed E-state index contributed by atoms with van der Waals surface area (Å²) in [5, 5.41) is 27.6. The molecule has 30 heavy (non-hydrogen) atoms. The van der Waals surface area contributed by atoms with Crippen LogP contribution < -0.4 is 0 Å². The predicted molar refractivity (Wildman–Crippen MR) is 108 cm³/mol. The van der Waals surface area contributed by atoms with Gasteiger partial charge in [0.05, 0.1) is 12.7 Å². The maximum Gasteiger partial charge on any atom is 0.178 e. The molecule has 9 nitrogen and oxygen atoms in total. The highest BCUT2D eigenvalue weighted by molar-refractivity contribution is 5.80. The third-order valence-electron chi connectivity index (χ3n) is 5.48. The van der Waals surface area contributed by atoms with Gasteiger partial charge in [0.25, 0.3) is 0 Å². The van der Waals surface area contributed by atoms with E-state index in [1.165, 1.54) is 4.68 Å². The maximum absolute atomic E-state index is 12.7. The molecule has 2 aromatic rings. The molecule has 2 aromatic heterocycles. The van der Waals surface area contributed by atoms with Crippen molar-refractivity contribution < 1.29 is 24.5 Å². The van der Waals surface area contributed by atoms with E-state index >= 15 is 0 Å². The number of carbonyl (C=O) groups is 1. The predicted octanol–water partition coefficient (Wildman–Crippen LogP) is 0.958. The SMILES string of the molecule is CC(/C=C/[C@H]1O[C@H](CC(=O)Cn2nnc3cccnc32)C[C@@]2(CO2)[C@@H]1O)=C\CCO. The number of hydrogen-bond acceptors (Lipinski definition) is 8. The average molecular weight is 414 g/mol. The molecule has 0 aromatic carbocycles. The van der Waals surface area contributed by atoms with Crippen molar-refractivity contribution in [3.05, 3.63) is 42.1 Å². The van der Waals surface area contributed by atoms with E-state index in [0.717, 1.165) is 5.57 Å². The van der Waals surface area contributed by atoms with Crippen molar-refractivity contribution in [2.24, 2.45) is 0 Å². The van der Waals surface area contributed by atoms with Gasteiger partial charge in [-0.05, 0) is 25.5 Å². The molecule has 4 heterocycles. The molecule has 2 N–H and O–H groups in total. The van der Waals surface area contributed by atoms with Crippen LogP contribution in [0.2, 0.25) is 0 Å². The topological polar surface area (TPSA) is 123 Å². The molecular formula is C21H26N4O5. The summed E-state index contributed by atoms with van der Waals surface area (Å²) in [5.74, 6) is -0.0496. The van der Waals surface area contributed by atoms with Gasteiger partial charge in [-0.25, -0.2) is 9.67 Å². The fourth-order valence-corrected chi connectivity index (χ4v) is 3.81. The third-order valence-corrected chi connectivity index (χ3v) is 5.48. The average Bonchev–Trinajstić information content (AvgIpc) is 3.40. The molecule has 9 heteroatoms. The lowest BCUT2D eigenvalue weighted by atomic mass is 9.87. The number of ether oxygens (including phenoxy) is 2. The zero-order valence-electron chi connectivity index (χ0n) is 16.8. The number of aliphatic hydroxyl groups is 2. The van der Waals surface area contributed by atoms with Gasteiger partial charge in [0.1, 0.15) is 29.9 Å². The van der Waals surface area contributed by atoms with Crippen molar-refractivity contribution in [1.82, 2.24) is 20.0 Å². The largest absolute Gasteiger partial charge is 0.396 e. The summed E-state index contributed by atoms with van der Waals surface area (Å²) in [6, 6.07) is 3.57. The van der Waals surface area contributed by atoms with Crippen LogP contribution in [-0.2, 0) is 20.8 Å². The molecule has 4 rings (SSSR count). The molecule has 0 radical (unpaired) electrons. The number of rotatable bonds is 8. The van der Waals surface area contributed by atoms with Crippen molar-refractivity contribution in [1.29, 1.82) is 0 Å². The molecule has 4 atom stereocenters. The normalized spacial score (nSPS) is 29.2. The number of aromatic nitrogens is 4. The Kier molecular flexibility index (Phi) is 6.05. The number of allylic oxidation sites excluding steroid dienone is 2. The quantitative estimate of drug-likeness (QED) is 0.484. The molecule has 0 saturated carbocycles. The number of hydrogen-bond donors (Lipinski definition) is 2. The van der Waals surface area contributed by atoms with E-state index in [1.54, 1.807) is 24.4 Å². The maximum atomic E-state index is 12.7. The molecule has 0 unspecified atom stereocenters. The second kappa shape index (κ2) is 8.73. The van der Waals surface area contributed by atoms with Crippen LogP contribution in [0.1, 0.15) is 26.2 Å². The second-order valence-electron chi connectivity index (χ2n) is 7.88. The fourth-order valence-electron chi connectivity index (χ4n) is 3.81. The Bertz CT molecular complexity index is 965. The first kappa shape index (κ1) is 20.8. The van der Waals surface area contributed by atoms with Gasteiger partial charge in [0, 0.05) is 25.6 Å². The van der Waals surface area contributed by atoms with Gasteiger partial charge in [-0.1, -0.05) is 29.0 Å². The first-order valence-corrected chi connectivity index (χ1v) is 10.1. The van der Waals surface area contributed by atoms with E-state index in [1.807, 2.05) is 19.1 Å². The summed E-state index contributed by atoms with van der Waals surface area (Å²) in [6.45, 7) is 2.53. The van der Waals surface area contributed by atoms with Gasteiger partial charge in [-0.2, -0.15) is 0 Å². The molecule has 0 aliphatic carbocycles. The smallest absolute Gasteiger partial charge is 0.178 e. The summed E-state index contributed by atoms with van der Waals surface area (Å²) >= 11 is 0. The zero-order valence-corrected chi connectivity index (χ0v) is 16.8. The number of Topliss-reactive ketones (excluding diaryl/α,β-unsaturated/α-hetero) is 1. The highest BCUT2D eigenvalue weighted by Gasteiger charge is 2.58. The Hall–Kier alpha value is -2.46. The van der Waals surface area contributed by atoms with E-state index in [0.29, 0.717) is 30.6 Å². The molecule has 0 amide bonds. The van der Waals surface area contributed by atoms with Gasteiger partial charge in [-0.15, -0.1) is 5.10 Å². The van der Waals surface area contributed by atoms with Gasteiger partial charge in [0.2, 0.25) is 0 Å². The number of pyridine rings is 1. The molecule has 0 bridgehead atoms. The third kappa shape index (κ3) is 4.49. The lowest BCUT2D eigenvalue weighted by Crippen LogP contribution is -2.50. The molecule has 160 valence electrons. The molecular weight excluding hydrogens is 388 g/mol. The standard InChI is InChI=1S/C21H26N4O5/c1-14(4-3-9-26)6-7-18-19(28)21(13-29-21)11-16(30-18)10-15(27)12-25-20-17(23-24-25)5-2-8-22-20/h2,4-8,16,18-19,26,28H,3,9-13H2,1H3/b7-6+,14-4+/t16-,18-,19-,21-/m1/s1. The van der Waals surface area contributed by atoms with Crippen LogP contribution >= 0.6 is 0 Å². The molecule has 2 saturated heterocycles. The Morgan fingerprint density at radius 2 is 2.30 bits per heavy atom. The van der Waals surface area contributed by atoms with E-state index in [4.69, 9.17) is 14.6 Å². The lowest BCUT2D eigenvalue weighted by molar-refractivity contribution is -0.144. The van der Waals surface area contributed by atoms with Crippen molar-refractivity contribution in [2.45, 2.75) is 56.6 Å². The summed E-state index contributed by atoms with van der Waals surface area (Å²) in [4.78, 5) is 16.9. The first-order chi connectivity index (χ1) is 14.5. The van der Waals surface area contributed by atoms with Crippen molar-refractivity contribution in [3.63, 3.8) is 0 Å². The number of fused-ring (bicyclic) bond motifs is 1. The Morgan fingerprint density at radius 3 is 3.07 bits per heavy atom. The highest BCUT2D eigenvalue weighted by Crippen LogP contribution is 2.43. The number of carbonyl (C=O) groups excluding carboxylic acids is 1. The fraction of sp³-hybridized carbons (Fsp3) is 0.524. The van der Waals surface area contributed by atoms with Gasteiger partial charge >= 0.3 is 0 Å². The van der Waals surface area contributed by atoms with Crippen molar-refractivity contribution >= 4 is 16.9 Å². The number of aliphatic hydroxyl groups excluding tert-OH is 2. The van der Waals surface area contributed by atoms with Crippen LogP contribution in [0.15, 0.2) is 42.1 Å². The summed E-state index contributed by atoms with van der Waals surface area (Å²) in [7, 11) is 0. The molecule has 2 aliphatic heterocycles. The first-order valence-electron chi connectivity index (χ1n) is 10.1. The van der Waals surface area contributed by atoms with E-state index in [9.17, 15) is 9.90 Å². The van der Waals surface area contributed by atoms with Crippen LogP contribution in [-0.4, -0.2) is 73.1 Å². The minimum Gasteiger partial charge on any atom is -0.396 e. The lowest BCUT2D eigenvalue weighted by Gasteiger charge is -2.36. The van der Waals surface area contributed by atoms with Gasteiger partial charge in [-0.3, -0.25) is 4.79 Å².